The molecule has 1 aromatic heterocycles. The highest BCUT2D eigenvalue weighted by atomic mass is 32.2. The van der Waals surface area contributed by atoms with Crippen LogP contribution in [-0.4, -0.2) is 27.4 Å². The Labute approximate surface area is 105 Å². The molecule has 0 unspecified atom stereocenters. The highest BCUT2D eigenvalue weighted by Gasteiger charge is 2.13. The third kappa shape index (κ3) is 5.29. The number of carbonyl (C=O) groups excluding carboxylic acids is 1. The van der Waals surface area contributed by atoms with Crippen molar-refractivity contribution >= 4 is 27.3 Å². The molecule has 1 rings (SSSR count). The van der Waals surface area contributed by atoms with Gasteiger partial charge in [0.15, 0.2) is 0 Å². The predicted octanol–water partition coefficient (Wildman–Crippen LogP) is 0.943. The van der Waals surface area contributed by atoms with Gasteiger partial charge in [-0.05, 0) is 24.3 Å². The van der Waals surface area contributed by atoms with Crippen LogP contribution in [0.5, 0.6) is 0 Å². The van der Waals surface area contributed by atoms with E-state index in [0.29, 0.717) is 23.7 Å². The lowest BCUT2D eigenvalue weighted by Gasteiger charge is -2.05. The van der Waals surface area contributed by atoms with Gasteiger partial charge in [0.25, 0.3) is 0 Å². The summed E-state index contributed by atoms with van der Waals surface area (Å²) in [5, 5.41) is 4.38. The standard InChI is InChI=1S/C10H16N2O3S2/c1-9(13)11-6-2-3-7-12-17(14,15)10-5-4-8-16-10/h4-5,8,12H,2-3,6-7H2,1H3,(H,11,13). The van der Waals surface area contributed by atoms with Gasteiger partial charge in [-0.15, -0.1) is 11.3 Å². The van der Waals surface area contributed by atoms with E-state index < -0.39 is 10.0 Å². The quantitative estimate of drug-likeness (QED) is 0.728. The summed E-state index contributed by atoms with van der Waals surface area (Å²) >= 11 is 1.19. The summed E-state index contributed by atoms with van der Waals surface area (Å²) in [6.07, 6.45) is 1.46. The molecule has 1 aromatic rings. The van der Waals surface area contributed by atoms with Gasteiger partial charge < -0.3 is 5.32 Å². The number of amides is 1. The molecule has 5 nitrogen and oxygen atoms in total. The average Bonchev–Trinajstić information content (AvgIpc) is 2.76. The van der Waals surface area contributed by atoms with Crippen molar-refractivity contribution in [1.82, 2.24) is 10.0 Å². The van der Waals surface area contributed by atoms with Gasteiger partial charge in [0.1, 0.15) is 4.21 Å². The maximum atomic E-state index is 11.7. The molecule has 0 aromatic carbocycles. The van der Waals surface area contributed by atoms with E-state index in [1.54, 1.807) is 17.5 Å². The fourth-order valence-electron chi connectivity index (χ4n) is 1.21. The third-order valence-electron chi connectivity index (χ3n) is 2.03. The first-order valence-corrected chi connectivity index (χ1v) is 7.66. The van der Waals surface area contributed by atoms with Gasteiger partial charge in [0, 0.05) is 20.0 Å². The molecule has 0 aliphatic carbocycles. The van der Waals surface area contributed by atoms with Crippen molar-refractivity contribution in [2.45, 2.75) is 24.0 Å². The Bertz CT molecular complexity index is 440. The Morgan fingerprint density at radius 2 is 2.06 bits per heavy atom. The summed E-state index contributed by atoms with van der Waals surface area (Å²) in [4.78, 5) is 10.6. The zero-order valence-corrected chi connectivity index (χ0v) is 11.2. The molecular weight excluding hydrogens is 260 g/mol. The van der Waals surface area contributed by atoms with E-state index in [9.17, 15) is 13.2 Å². The highest BCUT2D eigenvalue weighted by molar-refractivity contribution is 7.91. The fraction of sp³-hybridized carbons (Fsp3) is 0.500. The lowest BCUT2D eigenvalue weighted by Crippen LogP contribution is -2.26. The van der Waals surface area contributed by atoms with Crippen molar-refractivity contribution in [2.24, 2.45) is 0 Å². The number of unbranched alkanes of at least 4 members (excludes halogenated alkanes) is 1. The minimum absolute atomic E-state index is 0.0656. The second-order valence-electron chi connectivity index (χ2n) is 3.52. The summed E-state index contributed by atoms with van der Waals surface area (Å²) < 4.78 is 26.2. The molecule has 96 valence electrons. The van der Waals surface area contributed by atoms with Crippen LogP contribution in [0.1, 0.15) is 19.8 Å². The monoisotopic (exact) mass is 276 g/mol. The zero-order chi connectivity index (χ0) is 12.7. The lowest BCUT2D eigenvalue weighted by atomic mass is 10.3. The van der Waals surface area contributed by atoms with Crippen LogP contribution in [0.3, 0.4) is 0 Å². The number of carbonyl (C=O) groups is 1. The third-order valence-corrected chi connectivity index (χ3v) is 4.89. The Kier molecular flexibility index (Phi) is 5.60. The predicted molar refractivity (Wildman–Crippen MR) is 67.4 cm³/mol. The van der Waals surface area contributed by atoms with Crippen molar-refractivity contribution in [2.75, 3.05) is 13.1 Å². The van der Waals surface area contributed by atoms with Gasteiger partial charge >= 0.3 is 0 Å². The molecule has 0 saturated heterocycles. The van der Waals surface area contributed by atoms with Gasteiger partial charge in [-0.3, -0.25) is 4.79 Å². The largest absolute Gasteiger partial charge is 0.356 e. The van der Waals surface area contributed by atoms with Crippen molar-refractivity contribution < 1.29 is 13.2 Å². The van der Waals surface area contributed by atoms with Crippen LogP contribution in [-0.2, 0) is 14.8 Å². The summed E-state index contributed by atoms with van der Waals surface area (Å²) in [7, 11) is -3.34. The molecular formula is C10H16N2O3S2. The van der Waals surface area contributed by atoms with Crippen LogP contribution in [0.2, 0.25) is 0 Å². The molecule has 1 heterocycles. The van der Waals surface area contributed by atoms with E-state index in [-0.39, 0.29) is 5.91 Å². The summed E-state index contributed by atoms with van der Waals surface area (Å²) in [6, 6.07) is 3.28. The van der Waals surface area contributed by atoms with Crippen molar-refractivity contribution in [3.8, 4) is 0 Å². The van der Waals surface area contributed by atoms with Gasteiger partial charge in [0.05, 0.1) is 0 Å². The smallest absolute Gasteiger partial charge is 0.250 e. The second kappa shape index (κ2) is 6.73. The van der Waals surface area contributed by atoms with Gasteiger partial charge in [-0.2, -0.15) is 0 Å². The lowest BCUT2D eigenvalue weighted by molar-refractivity contribution is -0.118. The molecule has 1 amide bonds. The number of hydrogen-bond acceptors (Lipinski definition) is 4. The number of rotatable bonds is 7. The van der Waals surface area contributed by atoms with E-state index in [4.69, 9.17) is 0 Å². The SMILES string of the molecule is CC(=O)NCCCCNS(=O)(=O)c1cccs1. The van der Waals surface area contributed by atoms with Crippen LogP contribution in [0.25, 0.3) is 0 Å². The van der Waals surface area contributed by atoms with Crippen LogP contribution in [0.4, 0.5) is 0 Å². The molecule has 17 heavy (non-hydrogen) atoms. The van der Waals surface area contributed by atoms with E-state index in [1.807, 2.05) is 0 Å². The topological polar surface area (TPSA) is 75.3 Å². The Morgan fingerprint density at radius 1 is 1.35 bits per heavy atom. The molecule has 0 spiro atoms. The molecule has 0 fully saturated rings. The molecule has 0 bridgehead atoms. The number of thiophene rings is 1. The average molecular weight is 276 g/mol. The minimum Gasteiger partial charge on any atom is -0.356 e. The van der Waals surface area contributed by atoms with Crippen LogP contribution in [0, 0.1) is 0 Å². The Morgan fingerprint density at radius 3 is 2.65 bits per heavy atom. The van der Waals surface area contributed by atoms with E-state index in [2.05, 4.69) is 10.0 Å². The fourth-order valence-corrected chi connectivity index (χ4v) is 3.32. The first kappa shape index (κ1) is 14.1. The molecule has 2 N–H and O–H groups in total. The molecule has 0 aliphatic rings. The molecule has 0 radical (unpaired) electrons. The Balaban J connectivity index is 2.21. The van der Waals surface area contributed by atoms with Crippen LogP contribution >= 0.6 is 11.3 Å². The molecule has 0 atom stereocenters. The number of hydrogen-bond donors (Lipinski definition) is 2. The maximum absolute atomic E-state index is 11.7. The summed E-state index contributed by atoms with van der Waals surface area (Å²) in [6.45, 7) is 2.43. The molecule has 0 saturated carbocycles. The van der Waals surface area contributed by atoms with Crippen molar-refractivity contribution in [3.63, 3.8) is 0 Å². The van der Waals surface area contributed by atoms with Gasteiger partial charge in [-0.1, -0.05) is 6.07 Å². The Hall–Kier alpha value is -0.920. The van der Waals surface area contributed by atoms with E-state index in [0.717, 1.165) is 6.42 Å². The van der Waals surface area contributed by atoms with Crippen molar-refractivity contribution in [1.29, 1.82) is 0 Å². The zero-order valence-electron chi connectivity index (χ0n) is 9.60. The van der Waals surface area contributed by atoms with Gasteiger partial charge in [0.2, 0.25) is 15.9 Å². The van der Waals surface area contributed by atoms with Crippen LogP contribution < -0.4 is 10.0 Å². The summed E-state index contributed by atoms with van der Waals surface area (Å²) in [5.41, 5.74) is 0. The first-order chi connectivity index (χ1) is 8.02. The van der Waals surface area contributed by atoms with Crippen molar-refractivity contribution in [3.05, 3.63) is 17.5 Å². The maximum Gasteiger partial charge on any atom is 0.250 e. The molecule has 0 aliphatic heterocycles. The molecule has 7 heteroatoms. The van der Waals surface area contributed by atoms with E-state index >= 15 is 0 Å². The van der Waals surface area contributed by atoms with Gasteiger partial charge in [-0.25, -0.2) is 13.1 Å². The first-order valence-electron chi connectivity index (χ1n) is 5.30. The summed E-state index contributed by atoms with van der Waals surface area (Å²) in [5.74, 6) is -0.0656. The van der Waals surface area contributed by atoms with E-state index in [1.165, 1.54) is 18.3 Å². The highest BCUT2D eigenvalue weighted by Crippen LogP contribution is 2.14. The van der Waals surface area contributed by atoms with Crippen LogP contribution in [0.15, 0.2) is 21.7 Å². The number of nitrogens with one attached hydrogen (secondary N) is 2. The number of sulfonamides is 1. The minimum atomic E-state index is -3.34. The normalized spacial score (nSPS) is 11.4. The second-order valence-corrected chi connectivity index (χ2v) is 6.46.